The molecule has 41 heavy (non-hydrogen) atoms. The van der Waals surface area contributed by atoms with Crippen molar-refractivity contribution in [1.82, 2.24) is 14.9 Å². The highest BCUT2D eigenvalue weighted by Gasteiger charge is 2.23. The van der Waals surface area contributed by atoms with Gasteiger partial charge in [-0.15, -0.1) is 0 Å². The number of methoxy groups -OCH3 is 1. The molecule has 2 aliphatic rings. The van der Waals surface area contributed by atoms with E-state index in [2.05, 4.69) is 20.2 Å². The predicted molar refractivity (Wildman–Crippen MR) is 157 cm³/mol. The van der Waals surface area contributed by atoms with Gasteiger partial charge in [-0.25, -0.2) is 9.97 Å². The smallest absolute Gasteiger partial charge is 0.222 e. The molecule has 0 saturated carbocycles. The van der Waals surface area contributed by atoms with Gasteiger partial charge in [0.2, 0.25) is 11.6 Å². The van der Waals surface area contributed by atoms with Gasteiger partial charge < -0.3 is 29.3 Å². The number of rotatable bonds is 13. The number of hydrogen-bond donors (Lipinski definition) is 1. The number of nitrogens with one attached hydrogen (secondary N) is 1. The van der Waals surface area contributed by atoms with Crippen molar-refractivity contribution in [2.75, 3.05) is 63.8 Å². The summed E-state index contributed by atoms with van der Waals surface area (Å²) in [5, 5.41) is 3.63. The number of nitrogens with zero attached hydrogens (tertiary/aromatic N) is 4. The predicted octanol–water partition coefficient (Wildman–Crippen LogP) is 3.99. The van der Waals surface area contributed by atoms with E-state index in [0.717, 1.165) is 31.7 Å². The number of carbonyl (C=O) groups is 2. The van der Waals surface area contributed by atoms with E-state index in [1.165, 1.54) is 31.3 Å². The molecule has 1 aliphatic carbocycles. The maximum atomic E-state index is 12.9. The molecule has 5 rings (SSSR count). The van der Waals surface area contributed by atoms with Gasteiger partial charge in [0, 0.05) is 42.9 Å². The Morgan fingerprint density at radius 3 is 2.54 bits per heavy atom. The van der Waals surface area contributed by atoms with Gasteiger partial charge in [-0.2, -0.15) is 0 Å². The third-order valence-electron chi connectivity index (χ3n) is 7.18. The molecule has 1 saturated heterocycles. The van der Waals surface area contributed by atoms with Gasteiger partial charge >= 0.3 is 0 Å². The first-order chi connectivity index (χ1) is 20.0. The molecule has 214 valence electrons. The summed E-state index contributed by atoms with van der Waals surface area (Å²) in [5.41, 5.74) is 1.76. The molecule has 10 heteroatoms. The van der Waals surface area contributed by atoms with E-state index < -0.39 is 5.78 Å². The van der Waals surface area contributed by atoms with Crippen LogP contribution in [0.5, 0.6) is 11.5 Å². The zero-order valence-corrected chi connectivity index (χ0v) is 23.5. The lowest BCUT2D eigenvalue weighted by atomic mass is 10.1. The molecule has 0 spiro atoms. The van der Waals surface area contributed by atoms with Crippen LogP contribution in [0, 0.1) is 0 Å². The Labute approximate surface area is 239 Å². The molecule has 0 unspecified atom stereocenters. The van der Waals surface area contributed by atoms with Crippen molar-refractivity contribution >= 4 is 34.0 Å². The highest BCUT2D eigenvalue weighted by Crippen LogP contribution is 2.34. The molecule has 1 fully saturated rings. The van der Waals surface area contributed by atoms with Gasteiger partial charge in [0.1, 0.15) is 18.8 Å². The number of anilines is 2. The minimum atomic E-state index is -0.393. The zero-order valence-electron chi connectivity index (χ0n) is 23.5. The quantitative estimate of drug-likeness (QED) is 0.245. The normalized spacial score (nSPS) is 15.5. The molecule has 3 aromatic rings. The van der Waals surface area contributed by atoms with Crippen molar-refractivity contribution in [3.05, 3.63) is 72.4 Å². The van der Waals surface area contributed by atoms with Crippen molar-refractivity contribution in [2.45, 2.75) is 19.3 Å². The van der Waals surface area contributed by atoms with Crippen LogP contribution in [0.15, 0.2) is 72.4 Å². The number of aromatic nitrogens is 2. The first kappa shape index (κ1) is 28.1. The van der Waals surface area contributed by atoms with E-state index >= 15 is 0 Å². The van der Waals surface area contributed by atoms with Crippen LogP contribution < -0.4 is 19.7 Å². The molecule has 10 nitrogen and oxygen atoms in total. The lowest BCUT2D eigenvalue weighted by Crippen LogP contribution is -2.25. The number of ketones is 2. The second-order valence-electron chi connectivity index (χ2n) is 10.0. The van der Waals surface area contributed by atoms with Crippen LogP contribution >= 0.6 is 0 Å². The number of likely N-dealkylation sites (N-methyl/N-ethyl adjacent to an activating group) is 1. The summed E-state index contributed by atoms with van der Waals surface area (Å²) in [6.45, 7) is 4.71. The van der Waals surface area contributed by atoms with Gasteiger partial charge in [0.25, 0.3) is 0 Å². The maximum absolute atomic E-state index is 12.9. The van der Waals surface area contributed by atoms with Crippen LogP contribution in [0.2, 0.25) is 0 Å². The lowest BCUT2D eigenvalue weighted by molar-refractivity contribution is -0.117. The second kappa shape index (κ2) is 13.3. The fraction of sp³-hybridized carbons (Fsp3) is 0.355. The molecule has 0 atom stereocenters. The minimum absolute atomic E-state index is 0.0164. The topological polar surface area (TPSA) is 106 Å². The lowest BCUT2D eigenvalue weighted by Gasteiger charge is -2.20. The van der Waals surface area contributed by atoms with Crippen molar-refractivity contribution in [2.24, 2.45) is 0 Å². The van der Waals surface area contributed by atoms with E-state index in [1.54, 1.807) is 19.2 Å². The summed E-state index contributed by atoms with van der Waals surface area (Å²) < 4.78 is 17.3. The van der Waals surface area contributed by atoms with Crippen molar-refractivity contribution < 1.29 is 23.8 Å². The van der Waals surface area contributed by atoms with Crippen molar-refractivity contribution in [3.8, 4) is 11.5 Å². The first-order valence-electron chi connectivity index (χ1n) is 13.9. The third kappa shape index (κ3) is 7.01. The Bertz CT molecular complexity index is 1450. The molecular formula is C31H35N5O5. The zero-order chi connectivity index (χ0) is 28.6. The van der Waals surface area contributed by atoms with Crippen LogP contribution in [0.3, 0.4) is 0 Å². The van der Waals surface area contributed by atoms with E-state index in [1.807, 2.05) is 42.3 Å². The fourth-order valence-electron chi connectivity index (χ4n) is 4.90. The number of likely N-dealkylation sites (tertiary alicyclic amines) is 1. The Kier molecular flexibility index (Phi) is 9.10. The van der Waals surface area contributed by atoms with Gasteiger partial charge in [-0.3, -0.25) is 9.59 Å². The van der Waals surface area contributed by atoms with Crippen molar-refractivity contribution in [1.29, 1.82) is 0 Å². The standard InChI is InChI=1S/C31H35N5O5/c1-35(22-9-4-3-5-10-22)14-16-41-28-20-26(37)25(18-27(28)38)34-31-23-17-29(39-2)30(19-24(23)32-21-33-31)40-15-8-13-36-11-6-7-12-36/h3-5,9-10,17-21H,6-8,11-16H2,1-2H3,(H,32,33,34). The summed E-state index contributed by atoms with van der Waals surface area (Å²) in [6, 6.07) is 13.4. The number of para-hydroxylation sites is 1. The van der Waals surface area contributed by atoms with E-state index in [9.17, 15) is 9.59 Å². The van der Waals surface area contributed by atoms with Crippen LogP contribution in [-0.2, 0) is 14.3 Å². The van der Waals surface area contributed by atoms with Crippen LogP contribution in [0.25, 0.3) is 10.9 Å². The van der Waals surface area contributed by atoms with Crippen LogP contribution in [0.4, 0.5) is 11.5 Å². The molecule has 1 aliphatic heterocycles. The Morgan fingerprint density at radius 1 is 0.951 bits per heavy atom. The second-order valence-corrected chi connectivity index (χ2v) is 10.0. The SMILES string of the molecule is COc1cc2c(NC3=CC(=O)C(OCCN(C)c4ccccc4)=CC3=O)ncnc2cc1OCCCN1CCCC1. The summed E-state index contributed by atoms with van der Waals surface area (Å²) >= 11 is 0. The summed E-state index contributed by atoms with van der Waals surface area (Å²) in [5.74, 6) is 0.749. The molecule has 0 bridgehead atoms. The van der Waals surface area contributed by atoms with E-state index in [-0.39, 0.29) is 23.8 Å². The summed E-state index contributed by atoms with van der Waals surface area (Å²) in [4.78, 5) is 38.8. The average Bonchev–Trinajstić information content (AvgIpc) is 3.51. The third-order valence-corrected chi connectivity index (χ3v) is 7.18. The largest absolute Gasteiger partial charge is 0.493 e. The Balaban J connectivity index is 1.21. The average molecular weight is 558 g/mol. The van der Waals surface area contributed by atoms with Crippen molar-refractivity contribution in [3.63, 3.8) is 0 Å². The number of carbonyl (C=O) groups excluding carboxylic acids is 2. The molecule has 2 heterocycles. The van der Waals surface area contributed by atoms with E-state index in [4.69, 9.17) is 14.2 Å². The highest BCUT2D eigenvalue weighted by atomic mass is 16.5. The molecular weight excluding hydrogens is 522 g/mol. The fourth-order valence-corrected chi connectivity index (χ4v) is 4.90. The molecule has 1 aromatic heterocycles. The minimum Gasteiger partial charge on any atom is -0.493 e. The Hall–Kier alpha value is -4.44. The Morgan fingerprint density at radius 2 is 1.76 bits per heavy atom. The highest BCUT2D eigenvalue weighted by molar-refractivity contribution is 6.20. The van der Waals surface area contributed by atoms with Gasteiger partial charge in [0.15, 0.2) is 17.3 Å². The van der Waals surface area contributed by atoms with E-state index in [0.29, 0.717) is 41.4 Å². The molecule has 0 radical (unpaired) electrons. The van der Waals surface area contributed by atoms with Gasteiger partial charge in [-0.1, -0.05) is 18.2 Å². The van der Waals surface area contributed by atoms with Gasteiger partial charge in [-0.05, 0) is 50.6 Å². The number of fused-ring (bicyclic) bond motifs is 1. The van der Waals surface area contributed by atoms with Gasteiger partial charge in [0.05, 0.1) is 31.5 Å². The number of benzene rings is 2. The molecule has 1 N–H and O–H groups in total. The monoisotopic (exact) mass is 557 g/mol. The summed E-state index contributed by atoms with van der Waals surface area (Å²) in [6.07, 6.45) is 7.31. The molecule has 2 aromatic carbocycles. The van der Waals surface area contributed by atoms with Crippen LogP contribution in [0.1, 0.15) is 19.3 Å². The summed E-state index contributed by atoms with van der Waals surface area (Å²) in [7, 11) is 3.51. The first-order valence-corrected chi connectivity index (χ1v) is 13.9. The van der Waals surface area contributed by atoms with Crippen LogP contribution in [-0.4, -0.2) is 80.0 Å². The number of ether oxygens (including phenoxy) is 3. The number of allylic oxidation sites excluding steroid dienone is 2. The molecule has 0 amide bonds. The number of hydrogen-bond acceptors (Lipinski definition) is 10. The maximum Gasteiger partial charge on any atom is 0.222 e.